The first-order chi connectivity index (χ1) is 17.0. The summed E-state index contributed by atoms with van der Waals surface area (Å²) in [6, 6.07) is -2.13. The molecule has 1 saturated heterocycles. The number of hydrogen-bond acceptors (Lipinski definition) is 5. The zero-order valence-electron chi connectivity index (χ0n) is 25.3. The fraction of sp³-hybridized carbons (Fsp3) is 0.815. The summed E-state index contributed by atoms with van der Waals surface area (Å²) in [5.41, 5.74) is 4.56. The van der Waals surface area contributed by atoms with Gasteiger partial charge in [0.05, 0.1) is 18.6 Å². The van der Waals surface area contributed by atoms with Crippen molar-refractivity contribution < 1.29 is 42.8 Å². The van der Waals surface area contributed by atoms with Gasteiger partial charge in [-0.3, -0.25) is 14.4 Å². The quantitative estimate of drug-likeness (QED) is 0.306. The van der Waals surface area contributed by atoms with Crippen LogP contribution in [0.4, 0.5) is 4.79 Å². The number of amides is 5. The van der Waals surface area contributed by atoms with E-state index in [-0.39, 0.29) is 31.6 Å². The molecule has 0 aromatic rings. The minimum absolute atomic E-state index is 0. The molecule has 1 saturated carbocycles. The topological polar surface area (TPSA) is 154 Å². The van der Waals surface area contributed by atoms with Gasteiger partial charge in [0, 0.05) is 24.1 Å². The first-order valence-corrected chi connectivity index (χ1v) is 13.5. The Bertz CT molecular complexity index is 693. The average molecular weight is 580 g/mol. The zero-order chi connectivity index (χ0) is 29.3. The second-order valence-corrected chi connectivity index (χ2v) is 11.1. The Balaban J connectivity index is -0.000000852. The van der Waals surface area contributed by atoms with Crippen LogP contribution in [0.3, 0.4) is 0 Å². The van der Waals surface area contributed by atoms with E-state index < -0.39 is 47.5 Å². The van der Waals surface area contributed by atoms with Crippen molar-refractivity contribution in [3.8, 4) is 0 Å². The minimum Gasteiger partial charge on any atom is -0.381 e. The summed E-state index contributed by atoms with van der Waals surface area (Å²) in [4.78, 5) is 48.7. The normalized spacial score (nSPS) is 17.8. The van der Waals surface area contributed by atoms with Gasteiger partial charge in [0.2, 0.25) is 17.7 Å². The number of aliphatic hydroxyl groups is 1. The Hall–Kier alpha value is -1.78. The number of primary amides is 1. The van der Waals surface area contributed by atoms with Gasteiger partial charge in [0.25, 0.3) is 0 Å². The molecule has 1 heterocycles. The van der Waals surface area contributed by atoms with Gasteiger partial charge in [0.15, 0.2) is 6.10 Å². The van der Waals surface area contributed by atoms with Gasteiger partial charge >= 0.3 is 6.03 Å². The molecule has 2 rings (SSSR count). The summed E-state index contributed by atoms with van der Waals surface area (Å²) in [7, 11) is 0. The fourth-order valence-electron chi connectivity index (χ4n) is 3.05. The summed E-state index contributed by atoms with van der Waals surface area (Å²) in [6.45, 7) is 19.7. The molecule has 2 aliphatic rings. The minimum atomic E-state index is -1.52. The van der Waals surface area contributed by atoms with E-state index in [9.17, 15) is 24.3 Å². The molecule has 2 unspecified atom stereocenters. The van der Waals surface area contributed by atoms with Gasteiger partial charge in [0.1, 0.15) is 0 Å². The summed E-state index contributed by atoms with van der Waals surface area (Å²) < 4.78 is 0. The van der Waals surface area contributed by atoms with Gasteiger partial charge < -0.3 is 38.1 Å². The molecule has 1 radical (unpaired) electrons. The standard InChI is InChI=1S/C16H28N5O5.C5H10.C4H10.C2H6.V/c1-9(12(23)13(17)24)19-14(25)10-6-5-7-21(10)11(22)8-18-15(26)20-16(2,3)4;1-5-3-2-4-5;1-4(2)3;1-2;/h5,9-10,12,23H,6-8H2,1-4H3,(H2,17,24)(H,19,25)(H2,18,20,26);5H,2-4H2,1H3;4H,1-3H3;1-2H3;/q-1;;;;/t9?,10-,12?;;;;/m0..../s1. The molecule has 0 bridgehead atoms. The van der Waals surface area contributed by atoms with Crippen molar-refractivity contribution in [2.24, 2.45) is 17.6 Å². The third-order valence-corrected chi connectivity index (χ3v) is 5.13. The molecule has 2 fully saturated rings. The molecule has 1 aliphatic carbocycles. The van der Waals surface area contributed by atoms with Crippen molar-refractivity contribution in [3.05, 3.63) is 6.42 Å². The number of rotatable bonds is 6. The molecule has 6 N–H and O–H groups in total. The number of carbonyl (C=O) groups excluding carboxylic acids is 4. The van der Waals surface area contributed by atoms with Crippen LogP contribution in [0.1, 0.15) is 94.9 Å². The summed E-state index contributed by atoms with van der Waals surface area (Å²) in [6.07, 6.45) is 5.05. The van der Waals surface area contributed by atoms with Crippen LogP contribution in [-0.2, 0) is 32.9 Å². The summed E-state index contributed by atoms with van der Waals surface area (Å²) >= 11 is 0. The molecule has 3 atom stereocenters. The third kappa shape index (κ3) is 19.3. The van der Waals surface area contributed by atoms with Crippen molar-refractivity contribution in [2.45, 2.75) is 119 Å². The SMILES string of the molecule is CC.CC(C)C.CC(NC(=O)[C@@H]1C[CH-]CN1C(=O)CNC(=O)NC(C)(C)C)C(O)C(N)=O.CC1CCC1.[V]. The third-order valence-electron chi connectivity index (χ3n) is 5.13. The number of likely N-dealkylation sites (tertiary alicyclic amines) is 1. The summed E-state index contributed by atoms with van der Waals surface area (Å²) in [5.74, 6) is 0.0397. The Labute approximate surface area is 242 Å². The van der Waals surface area contributed by atoms with Crippen LogP contribution < -0.4 is 21.7 Å². The molecular formula is C27H54N5O5V-. The Morgan fingerprint density at radius 3 is 1.92 bits per heavy atom. The van der Waals surface area contributed by atoms with Gasteiger partial charge in [-0.15, -0.1) is 13.0 Å². The number of nitrogens with one attached hydrogen (secondary N) is 3. The van der Waals surface area contributed by atoms with Crippen LogP contribution in [0.15, 0.2) is 0 Å². The van der Waals surface area contributed by atoms with Gasteiger partial charge in [-0.25, -0.2) is 4.79 Å². The van der Waals surface area contributed by atoms with E-state index in [1.807, 2.05) is 34.6 Å². The first kappa shape index (κ1) is 40.7. The van der Waals surface area contributed by atoms with Gasteiger partial charge in [-0.2, -0.15) is 0 Å². The van der Waals surface area contributed by atoms with E-state index in [0.29, 0.717) is 6.42 Å². The maximum atomic E-state index is 12.3. The van der Waals surface area contributed by atoms with Gasteiger partial charge in [-0.05, 0) is 39.5 Å². The predicted molar refractivity (Wildman–Crippen MR) is 148 cm³/mol. The maximum absolute atomic E-state index is 12.3. The number of aliphatic hydroxyl groups excluding tert-OH is 1. The number of nitrogens with zero attached hydrogens (tertiary/aromatic N) is 1. The van der Waals surface area contributed by atoms with E-state index in [0.717, 1.165) is 11.8 Å². The van der Waals surface area contributed by atoms with E-state index >= 15 is 0 Å². The molecule has 0 spiro atoms. The number of nitrogens with two attached hydrogens (primary N) is 1. The molecule has 0 aromatic carbocycles. The Morgan fingerprint density at radius 1 is 1.08 bits per heavy atom. The van der Waals surface area contributed by atoms with Gasteiger partial charge in [-0.1, -0.05) is 60.8 Å². The Kier molecular flexibility index (Phi) is 22.6. The van der Waals surface area contributed by atoms with Crippen LogP contribution in [-0.4, -0.2) is 70.6 Å². The molecular weight excluding hydrogens is 525 g/mol. The zero-order valence-corrected chi connectivity index (χ0v) is 26.7. The van der Waals surface area contributed by atoms with Crippen LogP contribution in [0, 0.1) is 18.3 Å². The second kappa shape index (κ2) is 21.1. The second-order valence-electron chi connectivity index (χ2n) is 11.1. The van der Waals surface area contributed by atoms with Crippen molar-refractivity contribution in [1.29, 1.82) is 0 Å². The average Bonchev–Trinajstić information content (AvgIpc) is 3.26. The molecule has 223 valence electrons. The molecule has 5 amide bonds. The first-order valence-electron chi connectivity index (χ1n) is 13.5. The van der Waals surface area contributed by atoms with E-state index in [1.165, 1.54) is 31.1 Å². The van der Waals surface area contributed by atoms with E-state index in [4.69, 9.17) is 5.73 Å². The Morgan fingerprint density at radius 2 is 1.55 bits per heavy atom. The van der Waals surface area contributed by atoms with Crippen LogP contribution in [0.2, 0.25) is 0 Å². The van der Waals surface area contributed by atoms with Crippen LogP contribution >= 0.6 is 0 Å². The monoisotopic (exact) mass is 579 g/mol. The predicted octanol–water partition coefficient (Wildman–Crippen LogP) is 2.73. The number of urea groups is 1. The fourth-order valence-corrected chi connectivity index (χ4v) is 3.05. The number of carbonyl (C=O) groups is 4. The molecule has 0 aromatic heterocycles. The van der Waals surface area contributed by atoms with Crippen LogP contribution in [0.25, 0.3) is 0 Å². The number of hydrogen-bond donors (Lipinski definition) is 5. The maximum Gasteiger partial charge on any atom is 0.315 e. The van der Waals surface area contributed by atoms with E-state index in [2.05, 4.69) is 43.6 Å². The van der Waals surface area contributed by atoms with Crippen molar-refractivity contribution in [2.75, 3.05) is 13.1 Å². The van der Waals surface area contributed by atoms with Crippen molar-refractivity contribution in [1.82, 2.24) is 20.9 Å². The van der Waals surface area contributed by atoms with Crippen LogP contribution in [0.5, 0.6) is 0 Å². The van der Waals surface area contributed by atoms with Crippen molar-refractivity contribution >= 4 is 23.8 Å². The molecule has 1 aliphatic heterocycles. The molecule has 10 nitrogen and oxygen atoms in total. The van der Waals surface area contributed by atoms with Crippen molar-refractivity contribution in [3.63, 3.8) is 0 Å². The smallest absolute Gasteiger partial charge is 0.315 e. The van der Waals surface area contributed by atoms with E-state index in [1.54, 1.807) is 6.42 Å². The largest absolute Gasteiger partial charge is 0.381 e. The summed E-state index contributed by atoms with van der Waals surface area (Å²) in [5, 5.41) is 17.2. The molecule has 38 heavy (non-hydrogen) atoms. The molecule has 11 heteroatoms.